The Morgan fingerprint density at radius 3 is 2.50 bits per heavy atom. The lowest BCUT2D eigenvalue weighted by Crippen LogP contribution is -2.63. The van der Waals surface area contributed by atoms with Gasteiger partial charge in [-0.15, -0.1) is 0 Å². The van der Waals surface area contributed by atoms with E-state index in [4.69, 9.17) is 9.84 Å². The maximum Gasteiger partial charge on any atom is 0.412 e. The number of nitrogens with one attached hydrogen (secondary N) is 1. The molecule has 0 aromatic heterocycles. The van der Waals surface area contributed by atoms with Crippen molar-refractivity contribution in [3.63, 3.8) is 0 Å². The van der Waals surface area contributed by atoms with Crippen molar-refractivity contribution in [3.8, 4) is 0 Å². The number of amides is 2. The van der Waals surface area contributed by atoms with E-state index in [1.54, 1.807) is 0 Å². The average Bonchev–Trinajstić information content (AvgIpc) is 2.51. The predicted molar refractivity (Wildman–Crippen MR) is 78.8 cm³/mol. The number of nitro groups is 1. The van der Waals surface area contributed by atoms with Gasteiger partial charge in [0.25, 0.3) is 5.69 Å². The van der Waals surface area contributed by atoms with Crippen LogP contribution in [0.2, 0.25) is 0 Å². The number of carboxylic acids is 1. The van der Waals surface area contributed by atoms with Crippen LogP contribution in [0.15, 0.2) is 24.3 Å². The van der Waals surface area contributed by atoms with Crippen LogP contribution in [0.25, 0.3) is 0 Å². The summed E-state index contributed by atoms with van der Waals surface area (Å²) in [7, 11) is 0. The van der Waals surface area contributed by atoms with Gasteiger partial charge in [-0.25, -0.2) is 9.59 Å². The van der Waals surface area contributed by atoms with Gasteiger partial charge in [-0.05, 0) is 24.6 Å². The molecule has 0 radical (unpaired) electrons. The van der Waals surface area contributed by atoms with Crippen molar-refractivity contribution in [1.82, 2.24) is 10.2 Å². The fourth-order valence-electron chi connectivity index (χ4n) is 2.12. The smallest absolute Gasteiger partial charge is 0.412 e. The Bertz CT molecular complexity index is 665. The molecule has 24 heavy (non-hydrogen) atoms. The van der Waals surface area contributed by atoms with E-state index in [-0.39, 0.29) is 24.6 Å². The number of carbonyl (C=O) groups is 3. The fraction of sp³-hybridized carbons (Fsp3) is 0.357. The second-order valence-electron chi connectivity index (χ2n) is 5.19. The number of nitrogens with zero attached hydrogens (tertiary/aromatic N) is 2. The summed E-state index contributed by atoms with van der Waals surface area (Å²) in [5, 5.41) is 22.1. The molecule has 2 N–H and O–H groups in total. The molecule has 2 amide bonds. The standard InChI is InChI=1S/C14H15N3O7/c1-8(13(19)20)16(11-6-12(18)15-11)14(21)24-7-9-2-4-10(5-3-9)17(22)23/h2-5,8,11H,6-7H2,1H3,(H,15,18)(H,19,20)/t8-,11-/m1/s1. The van der Waals surface area contributed by atoms with E-state index in [2.05, 4.69) is 5.32 Å². The molecule has 1 fully saturated rings. The molecule has 128 valence electrons. The Morgan fingerprint density at radius 2 is 2.04 bits per heavy atom. The molecule has 10 nitrogen and oxygen atoms in total. The lowest BCUT2D eigenvalue weighted by atomic mass is 10.1. The van der Waals surface area contributed by atoms with Crippen molar-refractivity contribution in [1.29, 1.82) is 0 Å². The van der Waals surface area contributed by atoms with Gasteiger partial charge in [0.1, 0.15) is 18.8 Å². The first-order valence-electron chi connectivity index (χ1n) is 7.00. The fourth-order valence-corrected chi connectivity index (χ4v) is 2.12. The van der Waals surface area contributed by atoms with Crippen molar-refractivity contribution < 1.29 is 29.2 Å². The molecule has 0 spiro atoms. The van der Waals surface area contributed by atoms with E-state index in [0.717, 1.165) is 4.90 Å². The molecule has 1 heterocycles. The van der Waals surface area contributed by atoms with E-state index in [1.807, 2.05) is 0 Å². The van der Waals surface area contributed by atoms with Crippen LogP contribution < -0.4 is 5.32 Å². The van der Waals surface area contributed by atoms with Crippen molar-refractivity contribution in [2.45, 2.75) is 32.2 Å². The summed E-state index contributed by atoms with van der Waals surface area (Å²) in [6.07, 6.45) is -1.62. The van der Waals surface area contributed by atoms with Gasteiger partial charge < -0.3 is 15.2 Å². The van der Waals surface area contributed by atoms with Gasteiger partial charge in [0, 0.05) is 12.1 Å². The molecule has 1 saturated heterocycles. The van der Waals surface area contributed by atoms with Crippen LogP contribution in [-0.2, 0) is 20.9 Å². The summed E-state index contributed by atoms with van der Waals surface area (Å²) in [6.45, 7) is 1.13. The van der Waals surface area contributed by atoms with Gasteiger partial charge in [0.2, 0.25) is 5.91 Å². The number of non-ortho nitro benzene ring substituents is 1. The largest absolute Gasteiger partial charge is 0.480 e. The summed E-state index contributed by atoms with van der Waals surface area (Å²) in [4.78, 5) is 45.2. The minimum atomic E-state index is -1.23. The van der Waals surface area contributed by atoms with Crippen LogP contribution in [0.3, 0.4) is 0 Å². The molecule has 0 saturated carbocycles. The average molecular weight is 337 g/mol. The summed E-state index contributed by atoms with van der Waals surface area (Å²) in [5.41, 5.74) is 0.415. The van der Waals surface area contributed by atoms with Crippen LogP contribution in [0.5, 0.6) is 0 Å². The molecule has 2 atom stereocenters. The number of hydrogen-bond acceptors (Lipinski definition) is 6. The van der Waals surface area contributed by atoms with Crippen LogP contribution in [0, 0.1) is 10.1 Å². The molecular formula is C14H15N3O7. The van der Waals surface area contributed by atoms with E-state index >= 15 is 0 Å². The molecule has 0 aliphatic carbocycles. The number of benzene rings is 1. The molecule has 2 rings (SSSR count). The maximum atomic E-state index is 12.2. The highest BCUT2D eigenvalue weighted by Crippen LogP contribution is 2.17. The third-order valence-electron chi connectivity index (χ3n) is 3.54. The normalized spacial score (nSPS) is 17.2. The van der Waals surface area contributed by atoms with Crippen molar-refractivity contribution in [2.75, 3.05) is 0 Å². The Labute approximate surface area is 136 Å². The Balaban J connectivity index is 2.00. The second kappa shape index (κ2) is 6.94. The Kier molecular flexibility index (Phi) is 4.97. The summed E-state index contributed by atoms with van der Waals surface area (Å²) < 4.78 is 5.06. The first-order chi connectivity index (χ1) is 11.3. The molecule has 0 unspecified atom stereocenters. The summed E-state index contributed by atoms with van der Waals surface area (Å²) >= 11 is 0. The quantitative estimate of drug-likeness (QED) is 0.445. The second-order valence-corrected chi connectivity index (χ2v) is 5.19. The van der Waals surface area contributed by atoms with Crippen LogP contribution in [0.1, 0.15) is 18.9 Å². The number of ether oxygens (including phenoxy) is 1. The number of nitro benzene ring substituents is 1. The SMILES string of the molecule is C[C@H](C(=O)O)N(C(=O)OCc1ccc([N+](=O)[O-])cc1)[C@@H]1CC(=O)N1. The van der Waals surface area contributed by atoms with Crippen LogP contribution in [0.4, 0.5) is 10.5 Å². The highest BCUT2D eigenvalue weighted by molar-refractivity contribution is 5.86. The van der Waals surface area contributed by atoms with E-state index < -0.39 is 29.2 Å². The molecule has 10 heteroatoms. The van der Waals surface area contributed by atoms with Gasteiger partial charge in [0.05, 0.1) is 11.3 Å². The number of rotatable bonds is 6. The van der Waals surface area contributed by atoms with Gasteiger partial charge in [-0.1, -0.05) is 0 Å². The highest BCUT2D eigenvalue weighted by atomic mass is 16.6. The van der Waals surface area contributed by atoms with Crippen molar-refractivity contribution >= 4 is 23.7 Å². The molecule has 1 aromatic carbocycles. The predicted octanol–water partition coefficient (Wildman–Crippen LogP) is 0.853. The zero-order valence-electron chi connectivity index (χ0n) is 12.7. The molecule has 0 bridgehead atoms. The van der Waals surface area contributed by atoms with Gasteiger partial charge in [-0.2, -0.15) is 0 Å². The molecule has 1 aromatic rings. The van der Waals surface area contributed by atoms with Crippen LogP contribution >= 0.6 is 0 Å². The monoisotopic (exact) mass is 337 g/mol. The minimum Gasteiger partial charge on any atom is -0.480 e. The van der Waals surface area contributed by atoms with E-state index in [9.17, 15) is 24.5 Å². The summed E-state index contributed by atoms with van der Waals surface area (Å²) in [5.74, 6) is -1.52. The first kappa shape index (κ1) is 17.2. The number of aliphatic carboxylic acids is 1. The van der Waals surface area contributed by atoms with Crippen molar-refractivity contribution in [2.24, 2.45) is 0 Å². The number of hydrogen-bond donors (Lipinski definition) is 2. The zero-order valence-corrected chi connectivity index (χ0v) is 12.7. The topological polar surface area (TPSA) is 139 Å². The van der Waals surface area contributed by atoms with Crippen molar-refractivity contribution in [3.05, 3.63) is 39.9 Å². The van der Waals surface area contributed by atoms with Gasteiger partial charge >= 0.3 is 12.1 Å². The highest BCUT2D eigenvalue weighted by Gasteiger charge is 2.40. The number of β-lactam (4-membered cyclic amide) rings is 1. The number of carboxylic acid groups (broad SMARTS) is 1. The van der Waals surface area contributed by atoms with E-state index in [1.165, 1.54) is 31.2 Å². The van der Waals surface area contributed by atoms with Gasteiger partial charge in [-0.3, -0.25) is 19.8 Å². The third-order valence-corrected chi connectivity index (χ3v) is 3.54. The maximum absolute atomic E-state index is 12.2. The van der Waals surface area contributed by atoms with E-state index in [0.29, 0.717) is 5.56 Å². The molecular weight excluding hydrogens is 322 g/mol. The third kappa shape index (κ3) is 3.77. The lowest BCUT2D eigenvalue weighted by molar-refractivity contribution is -0.384. The Morgan fingerprint density at radius 1 is 1.46 bits per heavy atom. The van der Waals surface area contributed by atoms with Gasteiger partial charge in [0.15, 0.2) is 0 Å². The first-order valence-corrected chi connectivity index (χ1v) is 7.00. The summed E-state index contributed by atoms with van der Waals surface area (Å²) in [6, 6.07) is 4.23. The minimum absolute atomic E-state index is 0.00422. The number of carbonyl (C=O) groups excluding carboxylic acids is 2. The lowest BCUT2D eigenvalue weighted by Gasteiger charge is -2.38. The zero-order chi connectivity index (χ0) is 17.9. The molecule has 1 aliphatic heterocycles. The Hall–Kier alpha value is -3.17. The molecule has 1 aliphatic rings. The van der Waals surface area contributed by atoms with Crippen LogP contribution in [-0.4, -0.2) is 45.1 Å².